The van der Waals surface area contributed by atoms with Gasteiger partial charge in [-0.2, -0.15) is 0 Å². The number of benzene rings is 1. The van der Waals surface area contributed by atoms with Crippen molar-refractivity contribution in [3.8, 4) is 0 Å². The van der Waals surface area contributed by atoms with Crippen LogP contribution in [0.15, 0.2) is 55.0 Å². The van der Waals surface area contributed by atoms with Crippen LogP contribution < -0.4 is 4.90 Å². The molecular weight excluding hydrogens is 367 g/mol. The zero-order valence-electron chi connectivity index (χ0n) is 16.6. The number of anilines is 1. The van der Waals surface area contributed by atoms with Crippen molar-refractivity contribution < 1.29 is 9.13 Å². The minimum absolute atomic E-state index is 0.209. The molecule has 4 rings (SSSR count). The molecule has 150 valence electrons. The van der Waals surface area contributed by atoms with Gasteiger partial charge in [0.25, 0.3) is 0 Å². The minimum Gasteiger partial charge on any atom is -0.378 e. The normalized spacial score (nSPS) is 15.3. The highest BCUT2D eigenvalue weighted by atomic mass is 19.1. The Kier molecular flexibility index (Phi) is 6.10. The Morgan fingerprint density at radius 3 is 2.52 bits per heavy atom. The zero-order valence-corrected chi connectivity index (χ0v) is 16.6. The van der Waals surface area contributed by atoms with Gasteiger partial charge in [-0.15, -0.1) is 0 Å². The van der Waals surface area contributed by atoms with E-state index in [9.17, 15) is 4.39 Å². The van der Waals surface area contributed by atoms with E-state index >= 15 is 0 Å². The highest BCUT2D eigenvalue weighted by molar-refractivity contribution is 5.49. The third-order valence-electron chi connectivity index (χ3n) is 5.23. The molecule has 1 aliphatic heterocycles. The lowest BCUT2D eigenvalue weighted by Gasteiger charge is -2.29. The lowest BCUT2D eigenvalue weighted by atomic mass is 9.95. The number of morpholine rings is 1. The van der Waals surface area contributed by atoms with E-state index in [1.54, 1.807) is 18.6 Å². The van der Waals surface area contributed by atoms with Gasteiger partial charge in [-0.25, -0.2) is 4.39 Å². The Labute approximate surface area is 170 Å². The number of hydrogen-bond donors (Lipinski definition) is 0. The Bertz CT molecular complexity index is 927. The van der Waals surface area contributed by atoms with E-state index < -0.39 is 0 Å². The second-order valence-electron chi connectivity index (χ2n) is 7.44. The summed E-state index contributed by atoms with van der Waals surface area (Å²) < 4.78 is 18.8. The highest BCUT2D eigenvalue weighted by Crippen LogP contribution is 2.25. The van der Waals surface area contributed by atoms with Crippen molar-refractivity contribution in [2.45, 2.75) is 25.7 Å². The van der Waals surface area contributed by atoms with Gasteiger partial charge in [0, 0.05) is 55.2 Å². The summed E-state index contributed by atoms with van der Waals surface area (Å²) in [6.45, 7) is 5.38. The first-order valence-electron chi connectivity index (χ1n) is 10.0. The molecule has 5 nitrogen and oxygen atoms in total. The maximum atomic E-state index is 13.3. The summed E-state index contributed by atoms with van der Waals surface area (Å²) >= 11 is 0. The first-order valence-corrected chi connectivity index (χ1v) is 10.0. The summed E-state index contributed by atoms with van der Waals surface area (Å²) in [4.78, 5) is 15.8. The Balaban J connectivity index is 1.60. The molecule has 0 bridgehead atoms. The maximum Gasteiger partial charge on any atom is 0.123 e. The maximum absolute atomic E-state index is 13.3. The summed E-state index contributed by atoms with van der Waals surface area (Å²) in [7, 11) is 0. The molecule has 1 fully saturated rings. The molecule has 1 atom stereocenters. The fourth-order valence-electron chi connectivity index (χ4n) is 3.66. The third kappa shape index (κ3) is 5.15. The molecule has 0 aliphatic carbocycles. The fourth-order valence-corrected chi connectivity index (χ4v) is 3.66. The van der Waals surface area contributed by atoms with Crippen molar-refractivity contribution >= 4 is 5.69 Å². The lowest BCUT2D eigenvalue weighted by Crippen LogP contribution is -2.36. The van der Waals surface area contributed by atoms with Crippen molar-refractivity contribution in [2.24, 2.45) is 0 Å². The molecule has 1 aliphatic rings. The second kappa shape index (κ2) is 9.09. The molecule has 6 heteroatoms. The molecule has 0 spiro atoms. The average Bonchev–Trinajstić information content (AvgIpc) is 2.75. The second-order valence-corrected chi connectivity index (χ2v) is 7.44. The molecule has 29 heavy (non-hydrogen) atoms. The van der Waals surface area contributed by atoms with Crippen LogP contribution in [-0.2, 0) is 17.6 Å². The molecule has 1 saturated heterocycles. The molecule has 1 aromatic carbocycles. The van der Waals surface area contributed by atoms with Gasteiger partial charge >= 0.3 is 0 Å². The van der Waals surface area contributed by atoms with Crippen molar-refractivity contribution in [1.29, 1.82) is 0 Å². The lowest BCUT2D eigenvalue weighted by molar-refractivity contribution is 0.122. The monoisotopic (exact) mass is 392 g/mol. The summed E-state index contributed by atoms with van der Waals surface area (Å²) in [5.74, 6) is 0.0343. The van der Waals surface area contributed by atoms with Crippen LogP contribution in [0, 0.1) is 5.82 Å². The molecule has 0 saturated carbocycles. The highest BCUT2D eigenvalue weighted by Gasteiger charge is 2.16. The van der Waals surface area contributed by atoms with Gasteiger partial charge in [-0.1, -0.05) is 19.1 Å². The number of halogens is 1. The largest absolute Gasteiger partial charge is 0.378 e. The number of aromatic nitrogens is 3. The van der Waals surface area contributed by atoms with Crippen LogP contribution in [0.2, 0.25) is 0 Å². The predicted molar refractivity (Wildman–Crippen MR) is 111 cm³/mol. The molecule has 0 amide bonds. The van der Waals surface area contributed by atoms with Crippen molar-refractivity contribution in [3.05, 3.63) is 83.5 Å². The molecule has 2 aromatic heterocycles. The average molecular weight is 392 g/mol. The SMILES string of the molecule is C[C@H](Cc1cc(N2CCOCC2)cc(Cc2cnccn2)n1)c1ccc(F)cc1. The van der Waals surface area contributed by atoms with Crippen LogP contribution >= 0.6 is 0 Å². The number of pyridine rings is 1. The Hall–Kier alpha value is -2.86. The van der Waals surface area contributed by atoms with E-state index in [1.165, 1.54) is 17.8 Å². The van der Waals surface area contributed by atoms with Crippen LogP contribution in [0.3, 0.4) is 0 Å². The smallest absolute Gasteiger partial charge is 0.123 e. The van der Waals surface area contributed by atoms with Crippen LogP contribution in [0.1, 0.15) is 35.5 Å². The van der Waals surface area contributed by atoms with Gasteiger partial charge in [0.15, 0.2) is 0 Å². The van der Waals surface area contributed by atoms with Gasteiger partial charge in [0.1, 0.15) is 5.82 Å². The first-order chi connectivity index (χ1) is 14.2. The fraction of sp³-hybridized carbons (Fsp3) is 0.348. The molecular formula is C23H25FN4O. The van der Waals surface area contributed by atoms with Crippen LogP contribution in [0.5, 0.6) is 0 Å². The molecule has 3 heterocycles. The van der Waals surface area contributed by atoms with Crippen LogP contribution in [0.4, 0.5) is 10.1 Å². The zero-order chi connectivity index (χ0) is 20.1. The molecule has 3 aromatic rings. The van der Waals surface area contributed by atoms with Gasteiger partial charge in [-0.05, 0) is 42.2 Å². The number of nitrogens with zero attached hydrogens (tertiary/aromatic N) is 4. The van der Waals surface area contributed by atoms with E-state index in [0.29, 0.717) is 6.42 Å². The van der Waals surface area contributed by atoms with Crippen LogP contribution in [0.25, 0.3) is 0 Å². The van der Waals surface area contributed by atoms with Crippen molar-refractivity contribution in [1.82, 2.24) is 15.0 Å². The minimum atomic E-state index is -0.209. The molecule has 0 N–H and O–H groups in total. The standard InChI is InChI=1S/C23H25FN4O/c1-17(18-2-4-19(24)5-3-18)12-20-14-23(28-8-10-29-11-9-28)15-21(27-20)13-22-16-25-6-7-26-22/h2-7,14-17H,8-13H2,1H3/t17-/m1/s1. The number of ether oxygens (including phenoxy) is 1. The quantitative estimate of drug-likeness (QED) is 0.639. The third-order valence-corrected chi connectivity index (χ3v) is 5.23. The molecule has 0 radical (unpaired) electrons. The van der Waals surface area contributed by atoms with E-state index in [-0.39, 0.29) is 11.7 Å². The Morgan fingerprint density at radius 2 is 1.79 bits per heavy atom. The summed E-state index contributed by atoms with van der Waals surface area (Å²) in [5, 5.41) is 0. The van der Waals surface area contributed by atoms with Gasteiger partial charge < -0.3 is 9.64 Å². The van der Waals surface area contributed by atoms with Gasteiger partial charge in [0.05, 0.1) is 18.9 Å². The Morgan fingerprint density at radius 1 is 1.03 bits per heavy atom. The summed E-state index contributed by atoms with van der Waals surface area (Å²) in [6.07, 6.45) is 6.60. The van der Waals surface area contributed by atoms with E-state index in [0.717, 1.165) is 55.4 Å². The summed E-state index contributed by atoms with van der Waals surface area (Å²) in [5.41, 5.74) is 5.20. The topological polar surface area (TPSA) is 51.1 Å². The van der Waals surface area contributed by atoms with Crippen molar-refractivity contribution in [2.75, 3.05) is 31.2 Å². The summed E-state index contributed by atoms with van der Waals surface area (Å²) in [6, 6.07) is 11.1. The number of rotatable bonds is 6. The van der Waals surface area contributed by atoms with Gasteiger partial charge in [-0.3, -0.25) is 15.0 Å². The van der Waals surface area contributed by atoms with Crippen LogP contribution in [-0.4, -0.2) is 41.3 Å². The number of hydrogen-bond acceptors (Lipinski definition) is 5. The predicted octanol–water partition coefficient (Wildman–Crippen LogP) is 3.78. The van der Waals surface area contributed by atoms with Gasteiger partial charge in [0.2, 0.25) is 0 Å². The molecule has 0 unspecified atom stereocenters. The van der Waals surface area contributed by atoms with E-state index in [1.807, 2.05) is 12.1 Å². The van der Waals surface area contributed by atoms with E-state index in [2.05, 4.69) is 33.9 Å². The first kappa shape index (κ1) is 19.5. The van der Waals surface area contributed by atoms with Crippen molar-refractivity contribution in [3.63, 3.8) is 0 Å². The van der Waals surface area contributed by atoms with E-state index in [4.69, 9.17) is 9.72 Å².